The number of thiophene rings is 1. The number of alkyl halides is 3. The second-order valence-corrected chi connectivity index (χ2v) is 9.00. The van der Waals surface area contributed by atoms with Crippen LogP contribution < -0.4 is 0 Å². The highest BCUT2D eigenvalue weighted by Crippen LogP contribution is 2.39. The van der Waals surface area contributed by atoms with Crippen LogP contribution >= 0.6 is 22.9 Å². The van der Waals surface area contributed by atoms with E-state index in [1.807, 2.05) is 29.7 Å². The van der Waals surface area contributed by atoms with Crippen molar-refractivity contribution in [2.45, 2.75) is 25.7 Å². The van der Waals surface area contributed by atoms with Crippen molar-refractivity contribution in [1.82, 2.24) is 14.8 Å². The maximum atomic E-state index is 12.9. The SMILES string of the molecule is Cc1nnc2n1-c1sc(C(O)c3ccc(C(F)(F)F)cc3)cc1C(c1ccccc1Cl)=NC2. The third kappa shape index (κ3) is 3.86. The molecule has 1 aliphatic rings. The molecule has 5 rings (SSSR count). The maximum Gasteiger partial charge on any atom is 0.416 e. The minimum absolute atomic E-state index is 0.305. The zero-order chi connectivity index (χ0) is 23.3. The van der Waals surface area contributed by atoms with Crippen molar-refractivity contribution >= 4 is 28.6 Å². The van der Waals surface area contributed by atoms with Gasteiger partial charge in [0.15, 0.2) is 5.82 Å². The van der Waals surface area contributed by atoms with E-state index in [0.29, 0.717) is 39.4 Å². The lowest BCUT2D eigenvalue weighted by atomic mass is 10.0. The summed E-state index contributed by atoms with van der Waals surface area (Å²) in [7, 11) is 0. The molecule has 33 heavy (non-hydrogen) atoms. The molecule has 3 heterocycles. The average Bonchev–Trinajstić information content (AvgIpc) is 3.34. The monoisotopic (exact) mass is 488 g/mol. The quantitative estimate of drug-likeness (QED) is 0.400. The van der Waals surface area contributed by atoms with E-state index in [1.165, 1.54) is 23.5 Å². The molecule has 0 radical (unpaired) electrons. The molecule has 0 aliphatic carbocycles. The summed E-state index contributed by atoms with van der Waals surface area (Å²) < 4.78 is 40.7. The Morgan fingerprint density at radius 1 is 1.06 bits per heavy atom. The van der Waals surface area contributed by atoms with E-state index in [1.54, 1.807) is 12.1 Å². The Bertz CT molecular complexity index is 1380. The molecule has 5 nitrogen and oxygen atoms in total. The topological polar surface area (TPSA) is 63.3 Å². The number of aliphatic hydroxyl groups is 1. The summed E-state index contributed by atoms with van der Waals surface area (Å²) in [5.74, 6) is 1.31. The second-order valence-electron chi connectivity index (χ2n) is 7.53. The van der Waals surface area contributed by atoms with E-state index in [2.05, 4.69) is 10.2 Å². The Kier molecular flexibility index (Phi) is 5.35. The predicted octanol–water partition coefficient (Wildman–Crippen LogP) is 5.74. The molecule has 0 amide bonds. The lowest BCUT2D eigenvalue weighted by Gasteiger charge is -2.11. The first-order valence-corrected chi connectivity index (χ1v) is 11.1. The Hall–Kier alpha value is -3.01. The van der Waals surface area contributed by atoms with Crippen molar-refractivity contribution in [2.75, 3.05) is 0 Å². The van der Waals surface area contributed by atoms with Gasteiger partial charge in [-0.05, 0) is 36.8 Å². The maximum absolute atomic E-state index is 12.9. The molecule has 10 heteroatoms. The number of fused-ring (bicyclic) bond motifs is 3. The summed E-state index contributed by atoms with van der Waals surface area (Å²) in [5, 5.41) is 20.7. The fourth-order valence-electron chi connectivity index (χ4n) is 3.78. The van der Waals surface area contributed by atoms with Crippen molar-refractivity contribution in [3.05, 3.63) is 98.4 Å². The Morgan fingerprint density at radius 2 is 1.79 bits per heavy atom. The van der Waals surface area contributed by atoms with E-state index < -0.39 is 17.8 Å². The highest BCUT2D eigenvalue weighted by Gasteiger charge is 2.31. The van der Waals surface area contributed by atoms with Crippen molar-refractivity contribution in [1.29, 1.82) is 0 Å². The number of aliphatic imine (C=N–C) groups is 1. The molecule has 0 bridgehead atoms. The van der Waals surface area contributed by atoms with Gasteiger partial charge in [-0.3, -0.25) is 9.56 Å². The van der Waals surface area contributed by atoms with Gasteiger partial charge in [-0.2, -0.15) is 13.2 Å². The van der Waals surface area contributed by atoms with E-state index >= 15 is 0 Å². The molecule has 4 aromatic rings. The average molecular weight is 489 g/mol. The van der Waals surface area contributed by atoms with Crippen LogP contribution in [0.2, 0.25) is 5.02 Å². The third-order valence-corrected chi connectivity index (χ3v) is 6.91. The minimum atomic E-state index is -4.44. The second kappa shape index (κ2) is 8.09. The van der Waals surface area contributed by atoms with Crippen molar-refractivity contribution in [3.8, 4) is 5.00 Å². The van der Waals surface area contributed by atoms with Crippen LogP contribution in [0.4, 0.5) is 13.2 Å². The molecular formula is C23H16ClF3N4OS. The molecule has 0 saturated carbocycles. The Balaban J connectivity index is 1.63. The molecule has 1 atom stereocenters. The van der Waals surface area contributed by atoms with Crippen LogP contribution in [-0.4, -0.2) is 25.6 Å². The number of aryl methyl sites for hydroxylation is 1. The number of hydrogen-bond acceptors (Lipinski definition) is 5. The number of aliphatic hydroxyl groups excluding tert-OH is 1. The predicted molar refractivity (Wildman–Crippen MR) is 120 cm³/mol. The van der Waals surface area contributed by atoms with Gasteiger partial charge in [-0.25, -0.2) is 0 Å². The van der Waals surface area contributed by atoms with E-state index in [-0.39, 0.29) is 0 Å². The number of rotatable bonds is 3. The molecule has 1 unspecified atom stereocenters. The van der Waals surface area contributed by atoms with Crippen LogP contribution in [0, 0.1) is 6.92 Å². The highest BCUT2D eigenvalue weighted by atomic mass is 35.5. The fraction of sp³-hybridized carbons (Fsp3) is 0.174. The van der Waals surface area contributed by atoms with E-state index in [9.17, 15) is 18.3 Å². The third-order valence-electron chi connectivity index (χ3n) is 5.41. The van der Waals surface area contributed by atoms with Gasteiger partial charge in [0.25, 0.3) is 0 Å². The normalized spacial score (nSPS) is 14.3. The van der Waals surface area contributed by atoms with Crippen molar-refractivity contribution in [2.24, 2.45) is 4.99 Å². The van der Waals surface area contributed by atoms with Gasteiger partial charge in [0.05, 0.1) is 11.3 Å². The smallest absolute Gasteiger partial charge is 0.383 e. The summed E-state index contributed by atoms with van der Waals surface area (Å²) >= 11 is 7.77. The lowest BCUT2D eigenvalue weighted by molar-refractivity contribution is -0.137. The first-order chi connectivity index (χ1) is 15.7. The van der Waals surface area contributed by atoms with Gasteiger partial charge < -0.3 is 5.11 Å². The van der Waals surface area contributed by atoms with Gasteiger partial charge in [0.2, 0.25) is 0 Å². The van der Waals surface area contributed by atoms with Gasteiger partial charge in [0.1, 0.15) is 23.5 Å². The highest BCUT2D eigenvalue weighted by molar-refractivity contribution is 7.15. The summed E-state index contributed by atoms with van der Waals surface area (Å²) in [6.07, 6.45) is -5.55. The molecule has 0 saturated heterocycles. The van der Waals surface area contributed by atoms with Crippen LogP contribution in [0.3, 0.4) is 0 Å². The Labute approximate surface area is 195 Å². The molecule has 0 fully saturated rings. The number of aromatic nitrogens is 3. The Morgan fingerprint density at radius 3 is 2.48 bits per heavy atom. The lowest BCUT2D eigenvalue weighted by Crippen LogP contribution is -2.06. The van der Waals surface area contributed by atoms with Crippen LogP contribution in [-0.2, 0) is 12.7 Å². The van der Waals surface area contributed by atoms with Crippen LogP contribution in [0.25, 0.3) is 5.00 Å². The fourth-order valence-corrected chi connectivity index (χ4v) is 5.25. The zero-order valence-electron chi connectivity index (χ0n) is 17.1. The first-order valence-electron chi connectivity index (χ1n) is 9.94. The summed E-state index contributed by atoms with van der Waals surface area (Å²) in [4.78, 5) is 5.30. The van der Waals surface area contributed by atoms with E-state index in [4.69, 9.17) is 16.6 Å². The van der Waals surface area contributed by atoms with Gasteiger partial charge in [-0.15, -0.1) is 21.5 Å². The zero-order valence-corrected chi connectivity index (χ0v) is 18.7. The van der Waals surface area contributed by atoms with Gasteiger partial charge >= 0.3 is 6.18 Å². The molecule has 1 N–H and O–H groups in total. The minimum Gasteiger partial charge on any atom is -0.383 e. The molecule has 2 aromatic heterocycles. The van der Waals surface area contributed by atoms with Gasteiger partial charge in [0, 0.05) is 21.0 Å². The number of benzene rings is 2. The largest absolute Gasteiger partial charge is 0.416 e. The van der Waals surface area contributed by atoms with Crippen LogP contribution in [0.5, 0.6) is 0 Å². The molecule has 2 aromatic carbocycles. The number of halogens is 4. The summed E-state index contributed by atoms with van der Waals surface area (Å²) in [5.41, 5.74) is 1.73. The molecule has 1 aliphatic heterocycles. The van der Waals surface area contributed by atoms with Gasteiger partial charge in [-0.1, -0.05) is 41.9 Å². The molecule has 0 spiro atoms. The number of hydrogen-bond donors (Lipinski definition) is 1. The standard InChI is InChI=1S/C23H16ClF3N4OS/c1-12-29-30-19-11-28-20(15-4-2-3-5-17(15)24)16-10-18(33-22(16)31(12)19)21(32)13-6-8-14(9-7-13)23(25,26)27/h2-10,21,32H,11H2,1H3. The van der Waals surface area contributed by atoms with Crippen LogP contribution in [0.1, 0.15) is 44.9 Å². The van der Waals surface area contributed by atoms with E-state index in [0.717, 1.165) is 28.3 Å². The van der Waals surface area contributed by atoms with Crippen LogP contribution in [0.15, 0.2) is 59.6 Å². The summed E-state index contributed by atoms with van der Waals surface area (Å²) in [6.45, 7) is 2.13. The number of nitrogens with zero attached hydrogens (tertiary/aromatic N) is 4. The summed E-state index contributed by atoms with van der Waals surface area (Å²) in [6, 6.07) is 13.7. The molecular weight excluding hydrogens is 473 g/mol. The first kappa shape index (κ1) is 21.8. The van der Waals surface area contributed by atoms with Crippen molar-refractivity contribution < 1.29 is 18.3 Å². The molecule has 168 valence electrons. The van der Waals surface area contributed by atoms with Crippen molar-refractivity contribution in [3.63, 3.8) is 0 Å².